The van der Waals surface area contributed by atoms with Crippen molar-refractivity contribution in [2.75, 3.05) is 31.1 Å². The smallest absolute Gasteiger partial charge is 0.267 e. The highest BCUT2D eigenvalue weighted by Crippen LogP contribution is 2.51. The molecule has 1 aromatic rings. The first-order chi connectivity index (χ1) is 10.5. The van der Waals surface area contributed by atoms with Gasteiger partial charge in [-0.15, -0.1) is 23.5 Å². The van der Waals surface area contributed by atoms with Gasteiger partial charge in [-0.2, -0.15) is 0 Å². The van der Waals surface area contributed by atoms with Gasteiger partial charge in [-0.1, -0.05) is 18.2 Å². The Morgan fingerprint density at radius 3 is 2.45 bits per heavy atom. The van der Waals surface area contributed by atoms with Crippen molar-refractivity contribution in [1.82, 2.24) is 4.90 Å². The number of piperazine rings is 1. The van der Waals surface area contributed by atoms with Crippen LogP contribution in [-0.2, 0) is 16.0 Å². The predicted octanol–water partition coefficient (Wildman–Crippen LogP) is 1.16. The molecule has 2 heterocycles. The Labute approximate surface area is 138 Å². The SMILES string of the molecule is CSC1(CO)C(=O)N2c3ccccc3CC2(SC)C(=O)N1C. The maximum absolute atomic E-state index is 13.2. The number of rotatable bonds is 3. The van der Waals surface area contributed by atoms with Crippen LogP contribution in [0.2, 0.25) is 0 Å². The molecule has 7 heteroatoms. The number of para-hydroxylation sites is 1. The van der Waals surface area contributed by atoms with Crippen LogP contribution in [0, 0.1) is 0 Å². The van der Waals surface area contributed by atoms with E-state index in [1.54, 1.807) is 18.2 Å². The Morgan fingerprint density at radius 1 is 1.18 bits per heavy atom. The zero-order valence-corrected chi connectivity index (χ0v) is 14.3. The van der Waals surface area contributed by atoms with Gasteiger partial charge in [0, 0.05) is 19.2 Å². The van der Waals surface area contributed by atoms with Gasteiger partial charge in [-0.25, -0.2) is 0 Å². The molecule has 1 fully saturated rings. The second-order valence-electron chi connectivity index (χ2n) is 5.45. The van der Waals surface area contributed by atoms with E-state index < -0.39 is 16.3 Å². The van der Waals surface area contributed by atoms with Gasteiger partial charge in [0.05, 0.1) is 6.61 Å². The van der Waals surface area contributed by atoms with Crippen LogP contribution in [0.5, 0.6) is 0 Å². The molecule has 0 saturated carbocycles. The largest absolute Gasteiger partial charge is 0.392 e. The molecule has 3 rings (SSSR count). The maximum atomic E-state index is 13.2. The summed E-state index contributed by atoms with van der Waals surface area (Å²) in [5.74, 6) is -0.372. The molecule has 0 radical (unpaired) electrons. The van der Waals surface area contributed by atoms with E-state index in [0.29, 0.717) is 6.42 Å². The number of nitrogens with zero attached hydrogens (tertiary/aromatic N) is 2. The van der Waals surface area contributed by atoms with E-state index in [4.69, 9.17) is 0 Å². The Bertz CT molecular complexity index is 647. The summed E-state index contributed by atoms with van der Waals surface area (Å²) < 4.78 is 0. The van der Waals surface area contributed by atoms with Crippen molar-refractivity contribution < 1.29 is 14.7 Å². The number of carbonyl (C=O) groups excluding carboxylic acids is 2. The number of aliphatic hydroxyl groups is 1. The van der Waals surface area contributed by atoms with E-state index >= 15 is 0 Å². The number of anilines is 1. The molecule has 5 nitrogen and oxygen atoms in total. The third kappa shape index (κ3) is 1.67. The van der Waals surface area contributed by atoms with Gasteiger partial charge < -0.3 is 10.0 Å². The lowest BCUT2D eigenvalue weighted by molar-refractivity contribution is -0.149. The number of aliphatic hydroxyl groups excluding tert-OH is 1. The summed E-state index contributed by atoms with van der Waals surface area (Å²) in [6.45, 7) is -0.404. The van der Waals surface area contributed by atoms with E-state index in [2.05, 4.69) is 0 Å². The Kier molecular flexibility index (Phi) is 3.70. The van der Waals surface area contributed by atoms with Gasteiger partial charge in [-0.05, 0) is 24.1 Å². The number of likely N-dealkylation sites (N-methyl/N-ethyl adjacent to an activating group) is 1. The zero-order chi connectivity index (χ0) is 16.1. The molecule has 22 heavy (non-hydrogen) atoms. The standard InChI is InChI=1S/C15H18N2O3S2/c1-16-12(19)14(21-2)8-10-6-4-5-7-11(10)17(14)13(20)15(16,9-18)22-3/h4-7,18H,8-9H2,1-3H3. The number of amides is 2. The fourth-order valence-electron chi connectivity index (χ4n) is 3.31. The minimum atomic E-state index is -1.26. The van der Waals surface area contributed by atoms with Crippen LogP contribution < -0.4 is 4.90 Å². The normalized spacial score (nSPS) is 30.5. The molecular formula is C15H18N2O3S2. The second-order valence-corrected chi connectivity index (χ2v) is 7.61. The molecule has 0 aromatic heterocycles. The lowest BCUT2D eigenvalue weighted by atomic mass is 10.0. The molecule has 2 amide bonds. The van der Waals surface area contributed by atoms with E-state index in [1.807, 2.05) is 30.5 Å². The lowest BCUT2D eigenvalue weighted by Gasteiger charge is -2.52. The van der Waals surface area contributed by atoms with Gasteiger partial charge in [0.2, 0.25) is 0 Å². The number of fused-ring (bicyclic) bond motifs is 3. The highest BCUT2D eigenvalue weighted by molar-refractivity contribution is 8.01. The zero-order valence-electron chi connectivity index (χ0n) is 12.7. The van der Waals surface area contributed by atoms with Crippen LogP contribution in [0.25, 0.3) is 0 Å². The quantitative estimate of drug-likeness (QED) is 0.896. The summed E-state index contributed by atoms with van der Waals surface area (Å²) >= 11 is 2.58. The molecular weight excluding hydrogens is 320 g/mol. The van der Waals surface area contributed by atoms with Crippen molar-refractivity contribution in [2.24, 2.45) is 0 Å². The molecule has 2 aliphatic rings. The van der Waals surface area contributed by atoms with Crippen molar-refractivity contribution >= 4 is 41.0 Å². The summed E-state index contributed by atoms with van der Waals surface area (Å²) in [7, 11) is 1.60. The summed E-state index contributed by atoms with van der Waals surface area (Å²) in [5, 5.41) is 9.86. The Hall–Kier alpha value is -1.18. The summed E-state index contributed by atoms with van der Waals surface area (Å²) in [5.41, 5.74) is 1.76. The predicted molar refractivity (Wildman–Crippen MR) is 90.0 cm³/mol. The highest BCUT2D eigenvalue weighted by Gasteiger charge is 2.64. The van der Waals surface area contributed by atoms with E-state index in [1.165, 1.54) is 28.4 Å². The van der Waals surface area contributed by atoms with Gasteiger partial charge in [0.15, 0.2) is 9.74 Å². The molecule has 2 aliphatic heterocycles. The van der Waals surface area contributed by atoms with Gasteiger partial charge >= 0.3 is 0 Å². The summed E-state index contributed by atoms with van der Waals surface area (Å²) in [6.07, 6.45) is 4.09. The van der Waals surface area contributed by atoms with Crippen molar-refractivity contribution in [3.63, 3.8) is 0 Å². The van der Waals surface area contributed by atoms with E-state index in [9.17, 15) is 14.7 Å². The topological polar surface area (TPSA) is 60.9 Å². The van der Waals surface area contributed by atoms with Crippen LogP contribution in [0.1, 0.15) is 5.56 Å². The lowest BCUT2D eigenvalue weighted by Crippen LogP contribution is -2.74. The molecule has 0 bridgehead atoms. The third-order valence-electron chi connectivity index (χ3n) is 4.63. The van der Waals surface area contributed by atoms with Crippen molar-refractivity contribution in [1.29, 1.82) is 0 Å². The molecule has 1 saturated heterocycles. The fourth-order valence-corrected chi connectivity index (χ4v) is 5.04. The second kappa shape index (κ2) is 5.18. The maximum Gasteiger partial charge on any atom is 0.267 e. The number of hydrogen-bond donors (Lipinski definition) is 1. The first-order valence-electron chi connectivity index (χ1n) is 6.90. The van der Waals surface area contributed by atoms with E-state index in [-0.39, 0.29) is 11.8 Å². The minimum absolute atomic E-state index is 0.140. The molecule has 1 aromatic carbocycles. The number of benzene rings is 1. The van der Waals surface area contributed by atoms with Crippen LogP contribution in [0.3, 0.4) is 0 Å². The van der Waals surface area contributed by atoms with Crippen LogP contribution in [-0.4, -0.2) is 57.7 Å². The number of hydrogen-bond acceptors (Lipinski definition) is 5. The monoisotopic (exact) mass is 338 g/mol. The molecule has 118 valence electrons. The molecule has 2 atom stereocenters. The van der Waals surface area contributed by atoms with Crippen LogP contribution in [0.4, 0.5) is 5.69 Å². The molecule has 0 spiro atoms. The first-order valence-corrected chi connectivity index (χ1v) is 9.35. The van der Waals surface area contributed by atoms with Gasteiger partial charge in [0.25, 0.3) is 11.8 Å². The first kappa shape index (κ1) is 15.7. The average molecular weight is 338 g/mol. The summed E-state index contributed by atoms with van der Waals surface area (Å²) in [4.78, 5) is 27.1. The Morgan fingerprint density at radius 2 is 1.86 bits per heavy atom. The highest BCUT2D eigenvalue weighted by atomic mass is 32.2. The number of carbonyl (C=O) groups is 2. The fraction of sp³-hybridized carbons (Fsp3) is 0.467. The van der Waals surface area contributed by atoms with E-state index in [0.717, 1.165) is 11.3 Å². The van der Waals surface area contributed by atoms with Crippen LogP contribution in [0.15, 0.2) is 24.3 Å². The average Bonchev–Trinajstić information content (AvgIpc) is 2.90. The summed E-state index contributed by atoms with van der Waals surface area (Å²) in [6, 6.07) is 7.60. The number of thioether (sulfide) groups is 2. The van der Waals surface area contributed by atoms with Crippen LogP contribution >= 0.6 is 23.5 Å². The van der Waals surface area contributed by atoms with Gasteiger partial charge in [-0.3, -0.25) is 14.5 Å². The van der Waals surface area contributed by atoms with Crippen molar-refractivity contribution in [2.45, 2.75) is 16.2 Å². The van der Waals surface area contributed by atoms with Crippen molar-refractivity contribution in [3.8, 4) is 0 Å². The third-order valence-corrected chi connectivity index (χ3v) is 7.06. The van der Waals surface area contributed by atoms with Gasteiger partial charge in [0.1, 0.15) is 0 Å². The Balaban J connectivity index is 2.23. The van der Waals surface area contributed by atoms with Crippen molar-refractivity contribution in [3.05, 3.63) is 29.8 Å². The molecule has 2 unspecified atom stereocenters. The minimum Gasteiger partial charge on any atom is -0.392 e. The molecule has 0 aliphatic carbocycles. The molecule has 1 N–H and O–H groups in total.